The van der Waals surface area contributed by atoms with Crippen LogP contribution in [-0.2, 0) is 19.1 Å². The summed E-state index contributed by atoms with van der Waals surface area (Å²) in [6.07, 6.45) is 0. The van der Waals surface area contributed by atoms with Crippen molar-refractivity contribution in [3.05, 3.63) is 62.4 Å². The number of hydrogen-bond donors (Lipinski definition) is 2. The first-order valence-electron chi connectivity index (χ1n) is 11.9. The van der Waals surface area contributed by atoms with Crippen LogP contribution in [0.15, 0.2) is 34.3 Å². The summed E-state index contributed by atoms with van der Waals surface area (Å²) in [4.78, 5) is 45.7. The number of ketones is 1. The Morgan fingerprint density at radius 2 is 1.83 bits per heavy atom. The summed E-state index contributed by atoms with van der Waals surface area (Å²) >= 11 is 3.43. The third-order valence-corrected chi connectivity index (χ3v) is 7.17. The molecule has 0 saturated carbocycles. The number of Topliss-reactive ketones (excluding diaryl/α,β-unsaturated/α-hetero) is 1. The molecule has 1 aromatic carbocycles. The number of rotatable bonds is 7. The molecule has 2 aliphatic rings. The van der Waals surface area contributed by atoms with Crippen LogP contribution in [0.5, 0.6) is 0 Å². The van der Waals surface area contributed by atoms with Gasteiger partial charge in [0.15, 0.2) is 0 Å². The molecule has 0 spiro atoms. The molecule has 4 rings (SSSR count). The molecule has 0 radical (unpaired) electrons. The quantitative estimate of drug-likeness (QED) is 0.231. The van der Waals surface area contributed by atoms with Gasteiger partial charge in [0.05, 0.1) is 31.4 Å². The molecular weight excluding hydrogens is 530 g/mol. The number of nitrogens with one attached hydrogen (secondary N) is 1. The van der Waals surface area contributed by atoms with Crippen molar-refractivity contribution in [3.8, 4) is 0 Å². The van der Waals surface area contributed by atoms with Gasteiger partial charge in [-0.2, -0.15) is 0 Å². The number of morpholine rings is 1. The number of aryl methyl sites for hydroxylation is 1. The fourth-order valence-electron chi connectivity index (χ4n) is 4.82. The predicted molar refractivity (Wildman–Crippen MR) is 137 cm³/mol. The minimum absolute atomic E-state index is 0.00455. The van der Waals surface area contributed by atoms with E-state index in [1.54, 1.807) is 20.8 Å². The molecule has 0 aliphatic carbocycles. The Morgan fingerprint density at radius 1 is 1.17 bits per heavy atom. The largest absolute Gasteiger partial charge is 0.507 e. The lowest BCUT2D eigenvalue weighted by Gasteiger charge is -2.31. The van der Waals surface area contributed by atoms with Crippen LogP contribution < -0.4 is 0 Å². The van der Waals surface area contributed by atoms with Crippen molar-refractivity contribution >= 4 is 39.3 Å². The second kappa shape index (κ2) is 11.0. The van der Waals surface area contributed by atoms with E-state index in [0.717, 1.165) is 17.6 Å². The second-order valence-corrected chi connectivity index (χ2v) is 9.76. The van der Waals surface area contributed by atoms with Crippen LogP contribution in [0.2, 0.25) is 0 Å². The van der Waals surface area contributed by atoms with Crippen LogP contribution in [0.4, 0.5) is 0 Å². The lowest BCUT2D eigenvalue weighted by atomic mass is 9.94. The topological polar surface area (TPSA) is 112 Å². The first-order chi connectivity index (χ1) is 17.2. The number of aliphatic hydroxyl groups excluding tert-OH is 1. The molecule has 1 aromatic heterocycles. The Kier molecular flexibility index (Phi) is 7.97. The number of hydrogen-bond acceptors (Lipinski definition) is 7. The summed E-state index contributed by atoms with van der Waals surface area (Å²) < 4.78 is 11.4. The molecule has 1 atom stereocenters. The molecule has 3 heterocycles. The van der Waals surface area contributed by atoms with Crippen LogP contribution in [0.1, 0.15) is 45.8 Å². The number of aliphatic hydroxyl groups is 1. The minimum atomic E-state index is -0.765. The van der Waals surface area contributed by atoms with E-state index in [1.165, 1.54) is 4.90 Å². The molecule has 2 aromatic rings. The van der Waals surface area contributed by atoms with E-state index in [-0.39, 0.29) is 23.6 Å². The zero-order chi connectivity index (χ0) is 26.0. The molecule has 0 bridgehead atoms. The van der Waals surface area contributed by atoms with Gasteiger partial charge in [-0.1, -0.05) is 28.1 Å². The van der Waals surface area contributed by atoms with Crippen LogP contribution >= 0.6 is 15.9 Å². The van der Waals surface area contributed by atoms with Gasteiger partial charge >= 0.3 is 5.97 Å². The highest BCUT2D eigenvalue weighted by Crippen LogP contribution is 2.41. The van der Waals surface area contributed by atoms with Crippen LogP contribution in [-0.4, -0.2) is 83.5 Å². The van der Waals surface area contributed by atoms with Gasteiger partial charge in [0, 0.05) is 41.9 Å². The number of carbonyl (C=O) groups excluding carboxylic acids is 3. The van der Waals surface area contributed by atoms with Crippen LogP contribution in [0.25, 0.3) is 5.76 Å². The number of amides is 1. The van der Waals surface area contributed by atoms with Gasteiger partial charge in [-0.25, -0.2) is 4.79 Å². The number of ether oxygens (including phenoxy) is 2. The zero-order valence-electron chi connectivity index (χ0n) is 20.6. The third-order valence-electron chi connectivity index (χ3n) is 6.64. The number of benzene rings is 1. The SMILES string of the molecule is CCOC(=O)c1[nH]c(C)c(C(O)=C2C(=O)C(=O)N(CCN3CCOCC3)C2c2ccc(Br)cc2)c1C. The Labute approximate surface area is 218 Å². The standard InChI is InChI=1S/C26H30BrN3O6/c1-4-36-26(34)21-15(2)19(16(3)28-21)23(31)20-22(17-5-7-18(27)8-6-17)30(25(33)24(20)32)10-9-29-11-13-35-14-12-29/h5-8,22,28,31H,4,9-14H2,1-3H3. The predicted octanol–water partition coefficient (Wildman–Crippen LogP) is 3.32. The Morgan fingerprint density at radius 3 is 2.47 bits per heavy atom. The summed E-state index contributed by atoms with van der Waals surface area (Å²) in [6.45, 7) is 8.96. The van der Waals surface area contributed by atoms with E-state index >= 15 is 0 Å². The molecule has 9 nitrogen and oxygen atoms in total. The van der Waals surface area contributed by atoms with Crippen LogP contribution in [0, 0.1) is 13.8 Å². The van der Waals surface area contributed by atoms with Gasteiger partial charge in [0.2, 0.25) is 0 Å². The molecule has 192 valence electrons. The monoisotopic (exact) mass is 559 g/mol. The summed E-state index contributed by atoms with van der Waals surface area (Å²) in [5.74, 6) is -2.27. The maximum absolute atomic E-state index is 13.3. The number of nitrogens with zero attached hydrogens (tertiary/aromatic N) is 2. The summed E-state index contributed by atoms with van der Waals surface area (Å²) in [7, 11) is 0. The van der Waals surface area contributed by atoms with Gasteiger partial charge in [-0.3, -0.25) is 14.5 Å². The van der Waals surface area contributed by atoms with E-state index in [4.69, 9.17) is 9.47 Å². The first kappa shape index (κ1) is 26.1. The van der Waals surface area contributed by atoms with Gasteiger partial charge in [0.1, 0.15) is 11.5 Å². The number of esters is 1. The van der Waals surface area contributed by atoms with E-state index in [2.05, 4.69) is 25.8 Å². The fourth-order valence-corrected chi connectivity index (χ4v) is 5.09. The average molecular weight is 560 g/mol. The normalized spacial score (nSPS) is 20.2. The van der Waals surface area contributed by atoms with Gasteiger partial charge in [-0.15, -0.1) is 0 Å². The number of likely N-dealkylation sites (tertiary alicyclic amines) is 1. The lowest BCUT2D eigenvalue weighted by Crippen LogP contribution is -2.42. The molecule has 2 saturated heterocycles. The second-order valence-electron chi connectivity index (χ2n) is 8.84. The van der Waals surface area contributed by atoms with E-state index < -0.39 is 23.7 Å². The molecular formula is C26H30BrN3O6. The molecule has 1 unspecified atom stereocenters. The summed E-state index contributed by atoms with van der Waals surface area (Å²) in [5, 5.41) is 11.5. The molecule has 2 N–H and O–H groups in total. The average Bonchev–Trinajstić information content (AvgIpc) is 3.30. The number of aromatic amines is 1. The Bertz CT molecular complexity index is 1200. The molecule has 2 fully saturated rings. The van der Waals surface area contributed by atoms with Crippen molar-refractivity contribution in [2.24, 2.45) is 0 Å². The van der Waals surface area contributed by atoms with Crippen LogP contribution in [0.3, 0.4) is 0 Å². The zero-order valence-corrected chi connectivity index (χ0v) is 22.2. The third kappa shape index (κ3) is 4.98. The number of halogens is 1. The maximum Gasteiger partial charge on any atom is 0.355 e. The molecule has 10 heteroatoms. The van der Waals surface area contributed by atoms with Gasteiger partial charge in [-0.05, 0) is 44.0 Å². The minimum Gasteiger partial charge on any atom is -0.507 e. The van der Waals surface area contributed by atoms with Gasteiger partial charge in [0.25, 0.3) is 11.7 Å². The van der Waals surface area contributed by atoms with Crippen molar-refractivity contribution in [3.63, 3.8) is 0 Å². The molecule has 36 heavy (non-hydrogen) atoms. The van der Waals surface area contributed by atoms with Gasteiger partial charge < -0.3 is 24.5 Å². The molecule has 2 aliphatic heterocycles. The Balaban J connectivity index is 1.78. The van der Waals surface area contributed by atoms with E-state index in [9.17, 15) is 19.5 Å². The number of carbonyl (C=O) groups is 3. The highest BCUT2D eigenvalue weighted by Gasteiger charge is 2.46. The smallest absolute Gasteiger partial charge is 0.355 e. The van der Waals surface area contributed by atoms with E-state index in [0.29, 0.717) is 48.7 Å². The Hall–Kier alpha value is -2.95. The molecule has 1 amide bonds. The van der Waals surface area contributed by atoms with Crippen molar-refractivity contribution in [2.75, 3.05) is 46.0 Å². The number of aromatic nitrogens is 1. The summed E-state index contributed by atoms with van der Waals surface area (Å²) in [5.41, 5.74) is 2.20. The highest BCUT2D eigenvalue weighted by atomic mass is 79.9. The lowest BCUT2D eigenvalue weighted by molar-refractivity contribution is -0.140. The maximum atomic E-state index is 13.3. The first-order valence-corrected chi connectivity index (χ1v) is 12.7. The van der Waals surface area contributed by atoms with E-state index in [1.807, 2.05) is 24.3 Å². The summed E-state index contributed by atoms with van der Waals surface area (Å²) in [6, 6.07) is 6.57. The van der Waals surface area contributed by atoms with Crippen molar-refractivity contribution in [1.82, 2.24) is 14.8 Å². The number of H-pyrrole nitrogens is 1. The van der Waals surface area contributed by atoms with Crippen molar-refractivity contribution < 1.29 is 29.0 Å². The fraction of sp³-hybridized carbons (Fsp3) is 0.423. The van der Waals surface area contributed by atoms with Crippen molar-refractivity contribution in [1.29, 1.82) is 0 Å². The highest BCUT2D eigenvalue weighted by molar-refractivity contribution is 9.10. The van der Waals surface area contributed by atoms with Crippen molar-refractivity contribution in [2.45, 2.75) is 26.8 Å².